The van der Waals surface area contributed by atoms with E-state index in [0.717, 1.165) is 11.3 Å². The molecule has 0 spiro atoms. The number of nitrogens with one attached hydrogen (secondary N) is 1. The first kappa shape index (κ1) is 14.8. The van der Waals surface area contributed by atoms with Crippen LogP contribution < -0.4 is 4.72 Å². The summed E-state index contributed by atoms with van der Waals surface area (Å²) < 4.78 is 44.7. The van der Waals surface area contributed by atoms with Gasteiger partial charge in [-0.25, -0.2) is 17.5 Å². The van der Waals surface area contributed by atoms with Crippen molar-refractivity contribution in [3.8, 4) is 11.5 Å². The second kappa shape index (κ2) is 5.95. The Labute approximate surface area is 129 Å². The summed E-state index contributed by atoms with van der Waals surface area (Å²) in [6.07, 6.45) is 0. The molecule has 0 atom stereocenters. The SMILES string of the molecule is O=S(=O)(NCc1nnc(-c2ccc(F)cc2)o1)c1cccs1. The molecule has 0 amide bonds. The van der Waals surface area contributed by atoms with Gasteiger partial charge in [0.1, 0.15) is 10.0 Å². The topological polar surface area (TPSA) is 85.1 Å². The molecule has 114 valence electrons. The Bertz CT molecular complexity index is 858. The fourth-order valence-electron chi connectivity index (χ4n) is 1.68. The zero-order valence-corrected chi connectivity index (χ0v) is 12.7. The van der Waals surface area contributed by atoms with Crippen molar-refractivity contribution in [2.45, 2.75) is 10.8 Å². The van der Waals surface area contributed by atoms with E-state index in [4.69, 9.17) is 4.42 Å². The van der Waals surface area contributed by atoms with Gasteiger partial charge in [-0.1, -0.05) is 6.07 Å². The molecule has 0 aliphatic rings. The zero-order valence-electron chi connectivity index (χ0n) is 11.1. The Balaban J connectivity index is 1.71. The van der Waals surface area contributed by atoms with Crippen LogP contribution in [0.3, 0.4) is 0 Å². The van der Waals surface area contributed by atoms with Crippen LogP contribution in [0.25, 0.3) is 11.5 Å². The maximum absolute atomic E-state index is 12.9. The molecular formula is C13H10FN3O3S2. The molecule has 1 N–H and O–H groups in total. The highest BCUT2D eigenvalue weighted by molar-refractivity contribution is 7.91. The van der Waals surface area contributed by atoms with Gasteiger partial charge in [0, 0.05) is 5.56 Å². The fourth-order valence-corrected chi connectivity index (χ4v) is 3.69. The van der Waals surface area contributed by atoms with Crippen LogP contribution in [0, 0.1) is 5.82 Å². The van der Waals surface area contributed by atoms with Crippen molar-refractivity contribution < 1.29 is 17.2 Å². The van der Waals surface area contributed by atoms with Gasteiger partial charge in [-0.05, 0) is 35.7 Å². The Morgan fingerprint density at radius 2 is 1.95 bits per heavy atom. The van der Waals surface area contributed by atoms with E-state index in [9.17, 15) is 12.8 Å². The summed E-state index contributed by atoms with van der Waals surface area (Å²) in [5.41, 5.74) is 0.557. The van der Waals surface area contributed by atoms with Gasteiger partial charge in [0.05, 0.1) is 6.54 Å². The minimum absolute atomic E-state index is 0.117. The van der Waals surface area contributed by atoms with Crippen LogP contribution in [0.15, 0.2) is 50.4 Å². The minimum atomic E-state index is -3.58. The molecule has 0 bridgehead atoms. The number of aromatic nitrogens is 2. The van der Waals surface area contributed by atoms with Gasteiger partial charge in [0.25, 0.3) is 10.0 Å². The summed E-state index contributed by atoms with van der Waals surface area (Å²) in [4.78, 5) is 0. The highest BCUT2D eigenvalue weighted by Crippen LogP contribution is 2.19. The Morgan fingerprint density at radius 3 is 2.64 bits per heavy atom. The van der Waals surface area contributed by atoms with Crippen LogP contribution in [-0.2, 0) is 16.6 Å². The van der Waals surface area contributed by atoms with Crippen LogP contribution in [0.1, 0.15) is 5.89 Å². The maximum atomic E-state index is 12.9. The molecule has 0 saturated carbocycles. The zero-order chi connectivity index (χ0) is 15.6. The summed E-state index contributed by atoms with van der Waals surface area (Å²) in [7, 11) is -3.58. The van der Waals surface area contributed by atoms with E-state index >= 15 is 0 Å². The fraction of sp³-hybridized carbons (Fsp3) is 0.0769. The molecular weight excluding hydrogens is 329 g/mol. The van der Waals surface area contributed by atoms with E-state index in [-0.39, 0.29) is 28.4 Å². The van der Waals surface area contributed by atoms with Gasteiger partial charge in [0.15, 0.2) is 0 Å². The Hall–Kier alpha value is -2.10. The molecule has 9 heteroatoms. The van der Waals surface area contributed by atoms with Crippen molar-refractivity contribution >= 4 is 21.4 Å². The van der Waals surface area contributed by atoms with Gasteiger partial charge in [0.2, 0.25) is 11.8 Å². The van der Waals surface area contributed by atoms with E-state index in [1.54, 1.807) is 11.4 Å². The molecule has 3 aromatic rings. The van der Waals surface area contributed by atoms with Crippen molar-refractivity contribution in [2.75, 3.05) is 0 Å². The smallest absolute Gasteiger partial charge is 0.250 e. The van der Waals surface area contributed by atoms with E-state index in [1.807, 2.05) is 0 Å². The number of rotatable bonds is 5. The molecule has 0 unspecified atom stereocenters. The van der Waals surface area contributed by atoms with Gasteiger partial charge in [-0.2, -0.15) is 0 Å². The molecule has 0 radical (unpaired) electrons. The van der Waals surface area contributed by atoms with Crippen molar-refractivity contribution in [2.24, 2.45) is 0 Å². The lowest BCUT2D eigenvalue weighted by Gasteiger charge is -2.01. The number of thiophene rings is 1. The van der Waals surface area contributed by atoms with Crippen molar-refractivity contribution in [3.05, 3.63) is 53.5 Å². The standard InChI is InChI=1S/C13H10FN3O3S2/c14-10-5-3-9(4-6-10)13-17-16-11(20-13)8-15-22(18,19)12-2-1-7-21-12/h1-7,15H,8H2. The number of nitrogens with zero attached hydrogens (tertiary/aromatic N) is 2. The average Bonchev–Trinajstić information content (AvgIpc) is 3.18. The van der Waals surface area contributed by atoms with Crippen molar-refractivity contribution in [1.29, 1.82) is 0 Å². The molecule has 1 aromatic carbocycles. The first-order valence-corrected chi connectivity index (χ1v) is 8.52. The largest absolute Gasteiger partial charge is 0.419 e. The molecule has 6 nitrogen and oxygen atoms in total. The van der Waals surface area contributed by atoms with Crippen molar-refractivity contribution in [3.63, 3.8) is 0 Å². The number of halogens is 1. The van der Waals surface area contributed by atoms with E-state index in [2.05, 4.69) is 14.9 Å². The maximum Gasteiger partial charge on any atom is 0.250 e. The Kier molecular flexibility index (Phi) is 4.01. The molecule has 2 heterocycles. The summed E-state index contributed by atoms with van der Waals surface area (Å²) >= 11 is 1.12. The lowest BCUT2D eigenvalue weighted by molar-refractivity contribution is 0.494. The second-order valence-corrected chi connectivity index (χ2v) is 7.21. The van der Waals surface area contributed by atoms with E-state index in [1.165, 1.54) is 30.3 Å². The molecule has 3 rings (SSSR count). The van der Waals surface area contributed by atoms with E-state index in [0.29, 0.717) is 5.56 Å². The molecule has 0 fully saturated rings. The summed E-state index contributed by atoms with van der Waals surface area (Å²) in [6, 6.07) is 8.71. The number of sulfonamides is 1. The lowest BCUT2D eigenvalue weighted by Crippen LogP contribution is -2.22. The third kappa shape index (κ3) is 3.21. The third-order valence-corrected chi connectivity index (χ3v) is 5.53. The van der Waals surface area contributed by atoms with Crippen LogP contribution >= 0.6 is 11.3 Å². The first-order chi connectivity index (χ1) is 10.5. The van der Waals surface area contributed by atoms with Crippen molar-refractivity contribution in [1.82, 2.24) is 14.9 Å². The van der Waals surface area contributed by atoms with E-state index < -0.39 is 10.0 Å². The van der Waals surface area contributed by atoms with Gasteiger partial charge in [-0.3, -0.25) is 0 Å². The molecule has 0 aliphatic heterocycles. The predicted octanol–water partition coefficient (Wildman–Crippen LogP) is 2.42. The number of benzene rings is 1. The second-order valence-electron chi connectivity index (χ2n) is 4.26. The quantitative estimate of drug-likeness (QED) is 0.771. The first-order valence-electron chi connectivity index (χ1n) is 6.16. The summed E-state index contributed by atoms with van der Waals surface area (Å²) in [5, 5.41) is 9.25. The minimum Gasteiger partial charge on any atom is -0.419 e. The van der Waals surface area contributed by atoms with Gasteiger partial charge >= 0.3 is 0 Å². The van der Waals surface area contributed by atoms with Crippen LogP contribution in [0.2, 0.25) is 0 Å². The van der Waals surface area contributed by atoms with Crippen LogP contribution in [0.4, 0.5) is 4.39 Å². The lowest BCUT2D eigenvalue weighted by atomic mass is 10.2. The Morgan fingerprint density at radius 1 is 1.18 bits per heavy atom. The molecule has 0 saturated heterocycles. The van der Waals surface area contributed by atoms with Crippen LogP contribution in [0.5, 0.6) is 0 Å². The summed E-state index contributed by atoms with van der Waals surface area (Å²) in [6.45, 7) is -0.117. The summed E-state index contributed by atoms with van der Waals surface area (Å²) in [5.74, 6) is -0.0445. The molecule has 2 aromatic heterocycles. The normalized spacial score (nSPS) is 11.7. The highest BCUT2D eigenvalue weighted by Gasteiger charge is 2.17. The third-order valence-electron chi connectivity index (χ3n) is 2.73. The number of hydrogen-bond donors (Lipinski definition) is 1. The average molecular weight is 339 g/mol. The molecule has 22 heavy (non-hydrogen) atoms. The number of hydrogen-bond acceptors (Lipinski definition) is 6. The monoisotopic (exact) mass is 339 g/mol. The predicted molar refractivity (Wildman–Crippen MR) is 78.0 cm³/mol. The van der Waals surface area contributed by atoms with Gasteiger partial charge in [-0.15, -0.1) is 21.5 Å². The highest BCUT2D eigenvalue weighted by atomic mass is 32.2. The van der Waals surface area contributed by atoms with Gasteiger partial charge < -0.3 is 4.42 Å². The van der Waals surface area contributed by atoms with Crippen LogP contribution in [-0.4, -0.2) is 18.6 Å². The molecule has 0 aliphatic carbocycles.